The van der Waals surface area contributed by atoms with Crippen LogP contribution in [0.5, 0.6) is 5.75 Å². The molecule has 0 aliphatic heterocycles. The first-order chi connectivity index (χ1) is 13.5. The second-order valence-corrected chi connectivity index (χ2v) is 6.38. The topological polar surface area (TPSA) is 79.8 Å². The average Bonchev–Trinajstić information content (AvgIpc) is 2.69. The maximum absolute atomic E-state index is 12.0. The summed E-state index contributed by atoms with van der Waals surface area (Å²) in [7, 11) is 0. The summed E-state index contributed by atoms with van der Waals surface area (Å²) < 4.78 is 5.51. The minimum Gasteiger partial charge on any atom is -0.489 e. The molecular formula is C20H19Cl2N3O3. The van der Waals surface area contributed by atoms with E-state index in [1.807, 2.05) is 18.2 Å². The van der Waals surface area contributed by atoms with Crippen molar-refractivity contribution in [1.82, 2.24) is 10.7 Å². The largest absolute Gasteiger partial charge is 0.489 e. The van der Waals surface area contributed by atoms with Crippen molar-refractivity contribution < 1.29 is 14.3 Å². The van der Waals surface area contributed by atoms with Gasteiger partial charge in [0, 0.05) is 24.1 Å². The predicted octanol–water partition coefficient (Wildman–Crippen LogP) is 3.83. The van der Waals surface area contributed by atoms with E-state index in [1.165, 1.54) is 18.3 Å². The van der Waals surface area contributed by atoms with Crippen LogP contribution in [0.4, 0.5) is 0 Å². The van der Waals surface area contributed by atoms with Gasteiger partial charge in [0.1, 0.15) is 12.4 Å². The molecule has 0 heterocycles. The lowest BCUT2D eigenvalue weighted by molar-refractivity contribution is -0.120. The normalized spacial score (nSPS) is 10.5. The highest BCUT2D eigenvalue weighted by Crippen LogP contribution is 2.22. The Bertz CT molecular complexity index is 885. The summed E-state index contributed by atoms with van der Waals surface area (Å²) in [6.45, 7) is 4.12. The zero-order valence-corrected chi connectivity index (χ0v) is 16.5. The van der Waals surface area contributed by atoms with Crippen LogP contribution in [0.1, 0.15) is 22.3 Å². The summed E-state index contributed by atoms with van der Waals surface area (Å²) in [5.74, 6) is -0.0485. The zero-order valence-electron chi connectivity index (χ0n) is 15.0. The van der Waals surface area contributed by atoms with Gasteiger partial charge in [-0.2, -0.15) is 5.10 Å². The fourth-order valence-electron chi connectivity index (χ4n) is 2.13. The molecular weight excluding hydrogens is 401 g/mol. The molecule has 0 saturated heterocycles. The first kappa shape index (κ1) is 21.5. The summed E-state index contributed by atoms with van der Waals surface area (Å²) in [6, 6.07) is 11.8. The van der Waals surface area contributed by atoms with Crippen LogP contribution in [0.3, 0.4) is 0 Å². The fourth-order valence-corrected chi connectivity index (χ4v) is 2.42. The van der Waals surface area contributed by atoms with E-state index in [9.17, 15) is 9.59 Å². The molecule has 28 heavy (non-hydrogen) atoms. The van der Waals surface area contributed by atoms with Gasteiger partial charge in [-0.25, -0.2) is 5.43 Å². The Morgan fingerprint density at radius 1 is 1.14 bits per heavy atom. The number of benzene rings is 2. The van der Waals surface area contributed by atoms with Crippen LogP contribution >= 0.6 is 23.2 Å². The van der Waals surface area contributed by atoms with Crippen LogP contribution in [0.25, 0.3) is 0 Å². The molecule has 0 unspecified atom stereocenters. The highest BCUT2D eigenvalue weighted by molar-refractivity contribution is 6.42. The maximum Gasteiger partial charge on any atom is 0.251 e. The maximum atomic E-state index is 12.0. The summed E-state index contributed by atoms with van der Waals surface area (Å²) in [5.41, 5.74) is 3.49. The SMILES string of the molecule is C=CCOc1ccccc1C=NNC(=O)CCNC(=O)c1ccc(Cl)c(Cl)c1. The van der Waals surface area contributed by atoms with Crippen molar-refractivity contribution in [2.75, 3.05) is 13.2 Å². The quantitative estimate of drug-likeness (QED) is 0.368. The number of amides is 2. The highest BCUT2D eigenvalue weighted by atomic mass is 35.5. The number of rotatable bonds is 9. The molecule has 0 saturated carbocycles. The minimum absolute atomic E-state index is 0.0685. The van der Waals surface area contributed by atoms with Gasteiger partial charge in [-0.1, -0.05) is 48.0 Å². The Balaban J connectivity index is 1.78. The van der Waals surface area contributed by atoms with Gasteiger partial charge in [0.15, 0.2) is 0 Å². The van der Waals surface area contributed by atoms with E-state index in [0.29, 0.717) is 28.0 Å². The number of halogens is 2. The van der Waals surface area contributed by atoms with Crippen LogP contribution in [0.2, 0.25) is 10.0 Å². The Kier molecular flexibility index (Phi) is 8.52. The van der Waals surface area contributed by atoms with E-state index in [1.54, 1.807) is 18.2 Å². The number of hydrazone groups is 1. The molecule has 2 N–H and O–H groups in total. The average molecular weight is 420 g/mol. The van der Waals surface area contributed by atoms with E-state index in [0.717, 1.165) is 5.56 Å². The number of carbonyl (C=O) groups is 2. The summed E-state index contributed by atoms with van der Waals surface area (Å²) in [4.78, 5) is 23.9. The van der Waals surface area contributed by atoms with Gasteiger partial charge in [0.2, 0.25) is 5.91 Å². The van der Waals surface area contributed by atoms with Crippen molar-refractivity contribution in [2.45, 2.75) is 6.42 Å². The van der Waals surface area contributed by atoms with Gasteiger partial charge in [-0.15, -0.1) is 0 Å². The lowest BCUT2D eigenvalue weighted by Gasteiger charge is -2.07. The molecule has 146 valence electrons. The van der Waals surface area contributed by atoms with Crippen molar-refractivity contribution in [3.8, 4) is 5.75 Å². The van der Waals surface area contributed by atoms with Crippen molar-refractivity contribution in [3.05, 3.63) is 76.3 Å². The Hall–Kier alpha value is -2.83. The van der Waals surface area contributed by atoms with Gasteiger partial charge in [0.05, 0.1) is 16.3 Å². The van der Waals surface area contributed by atoms with E-state index in [-0.39, 0.29) is 24.8 Å². The number of para-hydroxylation sites is 1. The predicted molar refractivity (Wildman–Crippen MR) is 111 cm³/mol. The molecule has 0 atom stereocenters. The van der Waals surface area contributed by atoms with Crippen LogP contribution in [0.15, 0.2) is 60.2 Å². The number of nitrogens with one attached hydrogen (secondary N) is 2. The molecule has 2 rings (SSSR count). The molecule has 2 amide bonds. The molecule has 6 nitrogen and oxygen atoms in total. The third-order valence-corrected chi connectivity index (χ3v) is 4.23. The highest BCUT2D eigenvalue weighted by Gasteiger charge is 2.08. The molecule has 2 aromatic rings. The molecule has 0 fully saturated rings. The molecule has 0 aromatic heterocycles. The standard InChI is InChI=1S/C20H19Cl2N3O3/c1-2-11-28-18-6-4-3-5-15(18)13-24-25-19(26)9-10-23-20(27)14-7-8-16(21)17(22)12-14/h2-8,12-13H,1,9-11H2,(H,23,27)(H,25,26). The third kappa shape index (κ3) is 6.72. The van der Waals surface area contributed by atoms with Crippen LogP contribution in [-0.2, 0) is 4.79 Å². The first-order valence-corrected chi connectivity index (χ1v) is 9.14. The van der Waals surface area contributed by atoms with Gasteiger partial charge in [0.25, 0.3) is 5.91 Å². The van der Waals surface area contributed by atoms with Crippen LogP contribution in [-0.4, -0.2) is 31.2 Å². The zero-order chi connectivity index (χ0) is 20.4. The molecule has 0 radical (unpaired) electrons. The summed E-state index contributed by atoms with van der Waals surface area (Å²) in [6.07, 6.45) is 3.20. The van der Waals surface area contributed by atoms with E-state index < -0.39 is 0 Å². The monoisotopic (exact) mass is 419 g/mol. The molecule has 2 aromatic carbocycles. The fraction of sp³-hybridized carbons (Fsp3) is 0.150. The molecule has 8 heteroatoms. The van der Waals surface area contributed by atoms with E-state index >= 15 is 0 Å². The Morgan fingerprint density at radius 3 is 2.68 bits per heavy atom. The van der Waals surface area contributed by atoms with Gasteiger partial charge >= 0.3 is 0 Å². The second-order valence-electron chi connectivity index (χ2n) is 5.57. The number of hydrogen-bond acceptors (Lipinski definition) is 4. The number of nitrogens with zero attached hydrogens (tertiary/aromatic N) is 1. The van der Waals surface area contributed by atoms with E-state index in [2.05, 4.69) is 22.4 Å². The third-order valence-electron chi connectivity index (χ3n) is 3.49. The lowest BCUT2D eigenvalue weighted by Crippen LogP contribution is -2.29. The number of ether oxygens (including phenoxy) is 1. The molecule has 0 spiro atoms. The summed E-state index contributed by atoms with van der Waals surface area (Å²) in [5, 5.41) is 7.20. The van der Waals surface area contributed by atoms with Crippen LogP contribution in [0, 0.1) is 0 Å². The van der Waals surface area contributed by atoms with Crippen molar-refractivity contribution in [3.63, 3.8) is 0 Å². The second kappa shape index (κ2) is 11.1. The van der Waals surface area contributed by atoms with Gasteiger partial charge in [-0.3, -0.25) is 9.59 Å². The van der Waals surface area contributed by atoms with E-state index in [4.69, 9.17) is 27.9 Å². The molecule has 0 aliphatic carbocycles. The minimum atomic E-state index is -0.344. The lowest BCUT2D eigenvalue weighted by atomic mass is 10.2. The summed E-state index contributed by atoms with van der Waals surface area (Å²) >= 11 is 11.7. The number of hydrogen-bond donors (Lipinski definition) is 2. The smallest absolute Gasteiger partial charge is 0.251 e. The van der Waals surface area contributed by atoms with Crippen molar-refractivity contribution >= 4 is 41.2 Å². The number of carbonyl (C=O) groups excluding carboxylic acids is 2. The first-order valence-electron chi connectivity index (χ1n) is 8.39. The van der Waals surface area contributed by atoms with Crippen LogP contribution < -0.4 is 15.5 Å². The Labute approximate surface area is 173 Å². The van der Waals surface area contributed by atoms with Gasteiger partial charge < -0.3 is 10.1 Å². The van der Waals surface area contributed by atoms with Crippen molar-refractivity contribution in [2.24, 2.45) is 5.10 Å². The van der Waals surface area contributed by atoms with Crippen molar-refractivity contribution in [1.29, 1.82) is 0 Å². The Morgan fingerprint density at radius 2 is 1.93 bits per heavy atom. The molecule has 0 aliphatic rings. The van der Waals surface area contributed by atoms with Gasteiger partial charge in [-0.05, 0) is 30.3 Å². The molecule has 0 bridgehead atoms.